The Balaban J connectivity index is 2.35. The summed E-state index contributed by atoms with van der Waals surface area (Å²) in [6, 6.07) is 10.2. The molecule has 0 aliphatic rings. The number of anilines is 1. The van der Waals surface area contributed by atoms with Crippen LogP contribution >= 0.6 is 11.6 Å². The second-order valence-electron chi connectivity index (χ2n) is 4.55. The van der Waals surface area contributed by atoms with Crippen LogP contribution in [-0.2, 0) is 10.0 Å². The number of benzene rings is 2. The van der Waals surface area contributed by atoms with Crippen LogP contribution in [0.15, 0.2) is 47.4 Å². The predicted molar refractivity (Wildman–Crippen MR) is 88.6 cm³/mol. The van der Waals surface area contributed by atoms with Gasteiger partial charge >= 0.3 is 0 Å². The molecule has 0 spiro atoms. The van der Waals surface area contributed by atoms with Crippen LogP contribution in [-0.4, -0.2) is 28.5 Å². The molecule has 122 valence electrons. The van der Waals surface area contributed by atoms with E-state index in [0.717, 1.165) is 0 Å². The Morgan fingerprint density at radius 1 is 1.13 bits per heavy atom. The number of carbonyl (C=O) groups is 1. The molecule has 0 atom stereocenters. The molecule has 0 heterocycles. The smallest absolute Gasteiger partial charge is 0.262 e. The summed E-state index contributed by atoms with van der Waals surface area (Å²) in [6.45, 7) is 0. The molecule has 2 aromatic rings. The molecule has 2 rings (SSSR count). The summed E-state index contributed by atoms with van der Waals surface area (Å²) in [5.74, 6) is -0.0564. The third-order valence-corrected chi connectivity index (χ3v) is 4.69. The average molecular weight is 355 g/mol. The summed E-state index contributed by atoms with van der Waals surface area (Å²) in [4.78, 5) is 11.7. The van der Waals surface area contributed by atoms with Crippen molar-refractivity contribution in [3.05, 3.63) is 53.1 Å². The molecule has 1 amide bonds. The zero-order valence-electron chi connectivity index (χ0n) is 12.5. The number of methoxy groups -OCH3 is 1. The van der Waals surface area contributed by atoms with Crippen molar-refractivity contribution in [2.45, 2.75) is 4.90 Å². The minimum Gasteiger partial charge on any atom is -0.495 e. The lowest BCUT2D eigenvalue weighted by Gasteiger charge is -2.13. The highest BCUT2D eigenvalue weighted by Gasteiger charge is 2.17. The molecule has 2 N–H and O–H groups in total. The first-order valence-corrected chi connectivity index (χ1v) is 8.42. The van der Waals surface area contributed by atoms with E-state index in [1.807, 2.05) is 0 Å². The Morgan fingerprint density at radius 3 is 2.35 bits per heavy atom. The van der Waals surface area contributed by atoms with E-state index in [1.165, 1.54) is 56.6 Å². The molecule has 2 aromatic carbocycles. The van der Waals surface area contributed by atoms with E-state index in [2.05, 4.69) is 10.0 Å². The number of ether oxygens (including phenoxy) is 1. The summed E-state index contributed by atoms with van der Waals surface area (Å²) in [7, 11) is -0.893. The molecule has 0 bridgehead atoms. The Kier molecular flexibility index (Phi) is 5.12. The number of hydrogen-bond acceptors (Lipinski definition) is 4. The van der Waals surface area contributed by atoms with E-state index in [-0.39, 0.29) is 22.2 Å². The first-order valence-electron chi connectivity index (χ1n) is 6.56. The standard InChI is InChI=1S/C15H15ClN2O4S/c1-17-15(19)10-3-8-13(14(9-10)22-2)18-23(20,21)12-6-4-11(16)5-7-12/h3-9,18H,1-2H3,(H,17,19). The van der Waals surface area contributed by atoms with Gasteiger partial charge < -0.3 is 10.1 Å². The van der Waals surface area contributed by atoms with E-state index in [9.17, 15) is 13.2 Å². The van der Waals surface area contributed by atoms with Gasteiger partial charge in [0.15, 0.2) is 0 Å². The van der Waals surface area contributed by atoms with Crippen LogP contribution in [0.4, 0.5) is 5.69 Å². The quantitative estimate of drug-likeness (QED) is 0.864. The molecule has 0 saturated heterocycles. The normalized spacial score (nSPS) is 10.9. The number of carbonyl (C=O) groups excluding carboxylic acids is 1. The molecule has 0 radical (unpaired) electrons. The second kappa shape index (κ2) is 6.89. The fraction of sp³-hybridized carbons (Fsp3) is 0.133. The van der Waals surface area contributed by atoms with Gasteiger partial charge in [-0.15, -0.1) is 0 Å². The zero-order chi connectivity index (χ0) is 17.0. The highest BCUT2D eigenvalue weighted by Crippen LogP contribution is 2.28. The number of amides is 1. The number of hydrogen-bond donors (Lipinski definition) is 2. The Bertz CT molecular complexity index is 820. The number of rotatable bonds is 5. The van der Waals surface area contributed by atoms with Crippen LogP contribution in [0.3, 0.4) is 0 Å². The fourth-order valence-electron chi connectivity index (χ4n) is 1.88. The van der Waals surface area contributed by atoms with Crippen molar-refractivity contribution in [3.63, 3.8) is 0 Å². The highest BCUT2D eigenvalue weighted by molar-refractivity contribution is 7.92. The van der Waals surface area contributed by atoms with E-state index in [1.54, 1.807) is 0 Å². The van der Waals surface area contributed by atoms with Crippen molar-refractivity contribution in [3.8, 4) is 5.75 Å². The first-order chi connectivity index (χ1) is 10.9. The summed E-state index contributed by atoms with van der Waals surface area (Å²) in [6.07, 6.45) is 0. The lowest BCUT2D eigenvalue weighted by Crippen LogP contribution is -2.18. The van der Waals surface area contributed by atoms with Crippen LogP contribution in [0.25, 0.3) is 0 Å². The zero-order valence-corrected chi connectivity index (χ0v) is 14.0. The molecule has 0 unspecified atom stereocenters. The monoisotopic (exact) mass is 354 g/mol. The maximum absolute atomic E-state index is 12.4. The Labute approximate surface area is 139 Å². The molecule has 6 nitrogen and oxygen atoms in total. The minimum absolute atomic E-state index is 0.0688. The molecule has 0 aromatic heterocycles. The van der Waals surface area contributed by atoms with Gasteiger partial charge in [0, 0.05) is 17.6 Å². The number of nitrogens with one attached hydrogen (secondary N) is 2. The van der Waals surface area contributed by atoms with Crippen LogP contribution in [0, 0.1) is 0 Å². The van der Waals surface area contributed by atoms with Crippen molar-refractivity contribution in [1.29, 1.82) is 0 Å². The van der Waals surface area contributed by atoms with Crippen LogP contribution in [0.2, 0.25) is 5.02 Å². The second-order valence-corrected chi connectivity index (χ2v) is 6.67. The van der Waals surface area contributed by atoms with Gasteiger partial charge in [-0.25, -0.2) is 8.42 Å². The van der Waals surface area contributed by atoms with Gasteiger partial charge in [0.05, 0.1) is 17.7 Å². The molecule has 0 aliphatic heterocycles. The number of halogens is 1. The number of sulfonamides is 1. The van der Waals surface area contributed by atoms with Gasteiger partial charge in [0.2, 0.25) is 0 Å². The summed E-state index contributed by atoms with van der Waals surface area (Å²) >= 11 is 5.76. The van der Waals surface area contributed by atoms with Gasteiger partial charge in [-0.05, 0) is 42.5 Å². The summed E-state index contributed by atoms with van der Waals surface area (Å²) in [5, 5.41) is 2.93. The van der Waals surface area contributed by atoms with Gasteiger partial charge in [0.1, 0.15) is 5.75 Å². The average Bonchev–Trinajstić information content (AvgIpc) is 2.54. The molecule has 0 saturated carbocycles. The van der Waals surface area contributed by atoms with Crippen LogP contribution in [0.1, 0.15) is 10.4 Å². The summed E-state index contributed by atoms with van der Waals surface area (Å²) in [5.41, 5.74) is 0.592. The third-order valence-electron chi connectivity index (χ3n) is 3.06. The van der Waals surface area contributed by atoms with Crippen LogP contribution in [0.5, 0.6) is 5.75 Å². The van der Waals surface area contributed by atoms with Crippen LogP contribution < -0.4 is 14.8 Å². The van der Waals surface area contributed by atoms with Crippen molar-refractivity contribution in [2.24, 2.45) is 0 Å². The van der Waals surface area contributed by atoms with Gasteiger partial charge in [0.25, 0.3) is 15.9 Å². The van der Waals surface area contributed by atoms with E-state index >= 15 is 0 Å². The topological polar surface area (TPSA) is 84.5 Å². The molecule has 0 fully saturated rings. The highest BCUT2D eigenvalue weighted by atomic mass is 35.5. The first kappa shape index (κ1) is 17.1. The van der Waals surface area contributed by atoms with Gasteiger partial charge in [-0.2, -0.15) is 0 Å². The van der Waals surface area contributed by atoms with E-state index in [4.69, 9.17) is 16.3 Å². The van der Waals surface area contributed by atoms with Gasteiger partial charge in [-0.1, -0.05) is 11.6 Å². The van der Waals surface area contributed by atoms with Gasteiger partial charge in [-0.3, -0.25) is 9.52 Å². The van der Waals surface area contributed by atoms with Crippen molar-refractivity contribution in [1.82, 2.24) is 5.32 Å². The molecule has 23 heavy (non-hydrogen) atoms. The SMILES string of the molecule is CNC(=O)c1ccc(NS(=O)(=O)c2ccc(Cl)cc2)c(OC)c1. The lowest BCUT2D eigenvalue weighted by molar-refractivity contribution is 0.0963. The fourth-order valence-corrected chi connectivity index (χ4v) is 3.07. The Morgan fingerprint density at radius 2 is 1.78 bits per heavy atom. The van der Waals surface area contributed by atoms with Crippen molar-refractivity contribution < 1.29 is 17.9 Å². The van der Waals surface area contributed by atoms with E-state index in [0.29, 0.717) is 10.6 Å². The Hall–Kier alpha value is -2.25. The largest absolute Gasteiger partial charge is 0.495 e. The summed E-state index contributed by atoms with van der Waals surface area (Å²) < 4.78 is 32.3. The maximum atomic E-state index is 12.4. The van der Waals surface area contributed by atoms with E-state index < -0.39 is 10.0 Å². The molecule has 0 aliphatic carbocycles. The minimum atomic E-state index is -3.79. The molecular formula is C15H15ClN2O4S. The maximum Gasteiger partial charge on any atom is 0.262 e. The lowest BCUT2D eigenvalue weighted by atomic mass is 10.2. The third kappa shape index (κ3) is 3.94. The van der Waals surface area contributed by atoms with Crippen molar-refractivity contribution in [2.75, 3.05) is 18.9 Å². The van der Waals surface area contributed by atoms with Crippen molar-refractivity contribution >= 4 is 33.2 Å². The predicted octanol–water partition coefficient (Wildman–Crippen LogP) is 2.51. The molecule has 8 heteroatoms. The molecular weight excluding hydrogens is 340 g/mol.